The van der Waals surface area contributed by atoms with E-state index in [0.29, 0.717) is 13.2 Å². The largest absolute Gasteiger partial charge is 0.468 e. The molecule has 0 aliphatic heterocycles. The zero-order chi connectivity index (χ0) is 10.3. The molecule has 0 saturated carbocycles. The Morgan fingerprint density at radius 2 is 2.08 bits per heavy atom. The lowest BCUT2D eigenvalue weighted by molar-refractivity contribution is -0.142. The van der Waals surface area contributed by atoms with Gasteiger partial charge in [-0.05, 0) is 20.8 Å². The van der Waals surface area contributed by atoms with E-state index in [4.69, 9.17) is 4.74 Å². The van der Waals surface area contributed by atoms with Crippen molar-refractivity contribution >= 4 is 5.97 Å². The summed E-state index contributed by atoms with van der Waals surface area (Å²) in [6, 6.07) is -0.270. The van der Waals surface area contributed by atoms with Crippen molar-refractivity contribution in [2.24, 2.45) is 0 Å². The van der Waals surface area contributed by atoms with E-state index in [2.05, 4.69) is 10.1 Å². The maximum absolute atomic E-state index is 11.0. The number of hydrogen-bond donors (Lipinski definition) is 1. The van der Waals surface area contributed by atoms with Crippen LogP contribution in [0.1, 0.15) is 20.8 Å². The van der Waals surface area contributed by atoms with E-state index in [1.54, 1.807) is 6.92 Å². The Hall–Kier alpha value is -0.610. The van der Waals surface area contributed by atoms with Crippen LogP contribution in [-0.4, -0.2) is 38.4 Å². The topological polar surface area (TPSA) is 47.6 Å². The first-order valence-corrected chi connectivity index (χ1v) is 4.54. The normalized spacial score (nSPS) is 15.1. The van der Waals surface area contributed by atoms with Crippen LogP contribution in [0.3, 0.4) is 0 Å². The SMILES string of the molecule is CCOC(C)CNC(C)C(=O)OC. The number of carbonyl (C=O) groups excluding carboxylic acids is 1. The van der Waals surface area contributed by atoms with Crippen LogP contribution in [0.25, 0.3) is 0 Å². The predicted octanol–water partition coefficient (Wildman–Crippen LogP) is 0.562. The molecule has 0 aromatic heterocycles. The monoisotopic (exact) mass is 189 g/mol. The second-order valence-corrected chi connectivity index (χ2v) is 2.92. The Bertz CT molecular complexity index is 150. The Morgan fingerprint density at radius 3 is 2.54 bits per heavy atom. The number of esters is 1. The van der Waals surface area contributed by atoms with Crippen LogP contribution in [0.4, 0.5) is 0 Å². The van der Waals surface area contributed by atoms with Crippen molar-refractivity contribution < 1.29 is 14.3 Å². The number of rotatable bonds is 6. The fourth-order valence-electron chi connectivity index (χ4n) is 0.946. The number of carbonyl (C=O) groups is 1. The van der Waals surface area contributed by atoms with Gasteiger partial charge in [0.05, 0.1) is 13.2 Å². The minimum atomic E-state index is -0.270. The van der Waals surface area contributed by atoms with Crippen molar-refractivity contribution in [3.63, 3.8) is 0 Å². The minimum absolute atomic E-state index is 0.122. The molecule has 78 valence electrons. The van der Waals surface area contributed by atoms with Crippen LogP contribution in [0, 0.1) is 0 Å². The fraction of sp³-hybridized carbons (Fsp3) is 0.889. The molecule has 2 unspecified atom stereocenters. The van der Waals surface area contributed by atoms with Gasteiger partial charge >= 0.3 is 5.97 Å². The Labute approximate surface area is 79.6 Å². The fourth-order valence-corrected chi connectivity index (χ4v) is 0.946. The van der Waals surface area contributed by atoms with Crippen molar-refractivity contribution in [2.45, 2.75) is 32.9 Å². The maximum atomic E-state index is 11.0. The minimum Gasteiger partial charge on any atom is -0.468 e. The highest BCUT2D eigenvalue weighted by atomic mass is 16.5. The summed E-state index contributed by atoms with van der Waals surface area (Å²) < 4.78 is 9.85. The summed E-state index contributed by atoms with van der Waals surface area (Å²) in [4.78, 5) is 11.0. The van der Waals surface area contributed by atoms with E-state index in [1.165, 1.54) is 7.11 Å². The highest BCUT2D eigenvalue weighted by Crippen LogP contribution is 1.90. The van der Waals surface area contributed by atoms with E-state index in [-0.39, 0.29) is 18.1 Å². The second kappa shape index (κ2) is 6.86. The summed E-state index contributed by atoms with van der Waals surface area (Å²) in [5, 5.41) is 3.02. The molecule has 0 aromatic rings. The van der Waals surface area contributed by atoms with E-state index in [9.17, 15) is 4.79 Å². The molecule has 13 heavy (non-hydrogen) atoms. The molecular weight excluding hydrogens is 170 g/mol. The van der Waals surface area contributed by atoms with Gasteiger partial charge in [-0.2, -0.15) is 0 Å². The van der Waals surface area contributed by atoms with Crippen molar-refractivity contribution in [1.82, 2.24) is 5.32 Å². The third-order valence-corrected chi connectivity index (χ3v) is 1.72. The number of ether oxygens (including phenoxy) is 2. The summed E-state index contributed by atoms with van der Waals surface area (Å²) in [6.45, 7) is 7.02. The van der Waals surface area contributed by atoms with Gasteiger partial charge in [-0.3, -0.25) is 4.79 Å². The zero-order valence-corrected chi connectivity index (χ0v) is 8.79. The second-order valence-electron chi connectivity index (χ2n) is 2.92. The van der Waals surface area contributed by atoms with Crippen LogP contribution in [0.2, 0.25) is 0 Å². The highest BCUT2D eigenvalue weighted by Gasteiger charge is 2.12. The van der Waals surface area contributed by atoms with Gasteiger partial charge < -0.3 is 14.8 Å². The lowest BCUT2D eigenvalue weighted by Crippen LogP contribution is -2.39. The average molecular weight is 189 g/mol. The summed E-state index contributed by atoms with van der Waals surface area (Å²) >= 11 is 0. The van der Waals surface area contributed by atoms with Crippen LogP contribution in [-0.2, 0) is 14.3 Å². The van der Waals surface area contributed by atoms with E-state index in [1.807, 2.05) is 13.8 Å². The van der Waals surface area contributed by atoms with Crippen LogP contribution in [0.5, 0.6) is 0 Å². The van der Waals surface area contributed by atoms with Gasteiger partial charge in [-0.15, -0.1) is 0 Å². The standard InChI is InChI=1S/C9H19NO3/c1-5-13-7(2)6-10-8(3)9(11)12-4/h7-8,10H,5-6H2,1-4H3. The van der Waals surface area contributed by atoms with Crippen LogP contribution in [0.15, 0.2) is 0 Å². The van der Waals surface area contributed by atoms with E-state index < -0.39 is 0 Å². The predicted molar refractivity (Wildman–Crippen MR) is 50.6 cm³/mol. The molecule has 0 aromatic carbocycles. The molecule has 0 saturated heterocycles. The van der Waals surface area contributed by atoms with Crippen molar-refractivity contribution in [3.05, 3.63) is 0 Å². The van der Waals surface area contributed by atoms with Gasteiger partial charge in [-0.25, -0.2) is 0 Å². The van der Waals surface area contributed by atoms with Gasteiger partial charge in [0.1, 0.15) is 6.04 Å². The van der Waals surface area contributed by atoms with Crippen molar-refractivity contribution in [1.29, 1.82) is 0 Å². The molecule has 0 heterocycles. The number of hydrogen-bond acceptors (Lipinski definition) is 4. The molecule has 0 rings (SSSR count). The van der Waals surface area contributed by atoms with Gasteiger partial charge in [0, 0.05) is 13.2 Å². The molecule has 0 aliphatic rings. The van der Waals surface area contributed by atoms with E-state index in [0.717, 1.165) is 0 Å². The Morgan fingerprint density at radius 1 is 1.46 bits per heavy atom. The highest BCUT2D eigenvalue weighted by molar-refractivity contribution is 5.75. The van der Waals surface area contributed by atoms with E-state index >= 15 is 0 Å². The maximum Gasteiger partial charge on any atom is 0.322 e. The summed E-state index contributed by atoms with van der Waals surface area (Å²) in [6.07, 6.45) is 0.122. The first-order valence-electron chi connectivity index (χ1n) is 4.54. The van der Waals surface area contributed by atoms with Gasteiger partial charge in [0.15, 0.2) is 0 Å². The summed E-state index contributed by atoms with van der Waals surface area (Å²) in [5.74, 6) is -0.247. The van der Waals surface area contributed by atoms with Gasteiger partial charge in [0.25, 0.3) is 0 Å². The van der Waals surface area contributed by atoms with Gasteiger partial charge in [-0.1, -0.05) is 0 Å². The molecular formula is C9H19NO3. The van der Waals surface area contributed by atoms with Gasteiger partial charge in [0.2, 0.25) is 0 Å². The molecule has 2 atom stereocenters. The first-order chi connectivity index (χ1) is 6.11. The van der Waals surface area contributed by atoms with Crippen LogP contribution >= 0.6 is 0 Å². The molecule has 1 N–H and O–H groups in total. The Kier molecular flexibility index (Phi) is 6.54. The molecule has 4 heteroatoms. The third kappa shape index (κ3) is 5.60. The average Bonchev–Trinajstić information content (AvgIpc) is 2.13. The smallest absolute Gasteiger partial charge is 0.322 e. The molecule has 0 bridgehead atoms. The molecule has 0 spiro atoms. The first kappa shape index (κ1) is 12.4. The molecule has 0 aliphatic carbocycles. The summed E-state index contributed by atoms with van der Waals surface area (Å²) in [5.41, 5.74) is 0. The Balaban J connectivity index is 3.56. The molecule has 0 fully saturated rings. The van der Waals surface area contributed by atoms with Crippen molar-refractivity contribution in [2.75, 3.05) is 20.3 Å². The molecule has 0 radical (unpaired) electrons. The molecule has 0 amide bonds. The summed E-state index contributed by atoms with van der Waals surface area (Å²) in [7, 11) is 1.38. The third-order valence-electron chi connectivity index (χ3n) is 1.72. The number of nitrogens with one attached hydrogen (secondary N) is 1. The van der Waals surface area contributed by atoms with Crippen molar-refractivity contribution in [3.8, 4) is 0 Å². The lowest BCUT2D eigenvalue weighted by atomic mass is 10.3. The zero-order valence-electron chi connectivity index (χ0n) is 8.79. The lowest BCUT2D eigenvalue weighted by Gasteiger charge is -2.15. The number of methoxy groups -OCH3 is 1. The molecule has 4 nitrogen and oxygen atoms in total. The van der Waals surface area contributed by atoms with Crippen LogP contribution < -0.4 is 5.32 Å². The quantitative estimate of drug-likeness (QED) is 0.620.